The average Bonchev–Trinajstić information content (AvgIpc) is 2.81. The predicted octanol–water partition coefficient (Wildman–Crippen LogP) is 4.31. The summed E-state index contributed by atoms with van der Waals surface area (Å²) in [7, 11) is -1.64. The Balaban J connectivity index is 2.39. The van der Waals surface area contributed by atoms with Gasteiger partial charge < -0.3 is 0 Å². The van der Waals surface area contributed by atoms with Crippen molar-refractivity contribution < 1.29 is 4.57 Å². The lowest BCUT2D eigenvalue weighted by Crippen LogP contribution is -2.56. The van der Waals surface area contributed by atoms with Gasteiger partial charge in [0.1, 0.15) is 11.9 Å². The van der Waals surface area contributed by atoms with E-state index in [9.17, 15) is 0 Å². The van der Waals surface area contributed by atoms with E-state index < -0.39 is 8.24 Å². The number of nitrogens with zero attached hydrogens (tertiary/aromatic N) is 2. The van der Waals surface area contributed by atoms with Crippen molar-refractivity contribution in [2.24, 2.45) is 0 Å². The van der Waals surface area contributed by atoms with E-state index >= 15 is 0 Å². The molecular weight excluding hydrogens is 272 g/mol. The molecule has 1 atom stereocenters. The molecule has 0 aliphatic carbocycles. The van der Waals surface area contributed by atoms with E-state index in [2.05, 4.69) is 67.9 Å². The van der Waals surface area contributed by atoms with Gasteiger partial charge in [0.2, 0.25) is 0 Å². The summed E-state index contributed by atoms with van der Waals surface area (Å²) in [5, 5.41) is 2.12. The quantitative estimate of drug-likeness (QED) is 0.576. The molecule has 2 aromatic rings. The number of rotatable bonds is 2. The molecule has 0 spiro atoms. The van der Waals surface area contributed by atoms with Crippen molar-refractivity contribution in [3.63, 3.8) is 0 Å². The Morgan fingerprint density at radius 1 is 1.26 bits per heavy atom. The Kier molecular flexibility index (Phi) is 2.84. The van der Waals surface area contributed by atoms with Crippen LogP contribution in [0.4, 0.5) is 0 Å². The van der Waals surface area contributed by atoms with Gasteiger partial charge in [0, 0.05) is 0 Å². The first-order chi connectivity index (χ1) is 8.90. The van der Waals surface area contributed by atoms with Gasteiger partial charge in [0.05, 0.1) is 16.6 Å². The Morgan fingerprint density at radius 3 is 2.47 bits per heavy atom. The second kappa shape index (κ2) is 4.09. The first-order valence-corrected chi connectivity index (χ1v) is 9.68. The van der Waals surface area contributed by atoms with Gasteiger partial charge >= 0.3 is 8.24 Å². The molecule has 1 unspecified atom stereocenters. The van der Waals surface area contributed by atoms with Crippen molar-refractivity contribution >= 4 is 30.9 Å². The molecule has 0 bridgehead atoms. The third-order valence-corrected chi connectivity index (χ3v) is 11.8. The highest BCUT2D eigenvalue weighted by molar-refractivity contribution is 6.82. The second-order valence-corrected chi connectivity index (χ2v) is 12.2. The molecule has 4 heteroatoms. The van der Waals surface area contributed by atoms with E-state index in [1.807, 2.05) is 0 Å². The van der Waals surface area contributed by atoms with Gasteiger partial charge in [-0.1, -0.05) is 39.3 Å². The van der Waals surface area contributed by atoms with E-state index in [1.54, 1.807) is 0 Å². The largest absolute Gasteiger partial charge is 0.315 e. The van der Waals surface area contributed by atoms with E-state index in [-0.39, 0.29) is 0 Å². The zero-order chi connectivity index (χ0) is 13.9. The Hall–Kier alpha value is -0.803. The van der Waals surface area contributed by atoms with Crippen LogP contribution in [0.1, 0.15) is 40.3 Å². The summed E-state index contributed by atoms with van der Waals surface area (Å²) < 4.78 is 5.04. The molecule has 0 saturated heterocycles. The van der Waals surface area contributed by atoms with Crippen LogP contribution in [0.3, 0.4) is 0 Å². The summed E-state index contributed by atoms with van der Waals surface area (Å²) in [5.41, 5.74) is 3.34. The summed E-state index contributed by atoms with van der Waals surface area (Å²) in [5.74, 6) is 0. The van der Waals surface area contributed by atoms with Crippen LogP contribution in [0.5, 0.6) is 0 Å². The lowest BCUT2D eigenvalue weighted by Gasteiger charge is -2.33. The fraction of sp³-hybridized carbons (Fsp3) is 0.533. The summed E-state index contributed by atoms with van der Waals surface area (Å²) in [6, 6.07) is 4.30. The van der Waals surface area contributed by atoms with Gasteiger partial charge in [-0.25, -0.2) is 4.57 Å². The maximum atomic E-state index is 6.29. The number of hydrogen-bond donors (Lipinski definition) is 0. The standard InChI is InChI=1S/C15H22ClN2Si/c1-10(2)19(11(3)4)12(5)17-9-14(16)8-13-6-7-18(19)15(13)17/h6-12H,1-5H3/q+1. The molecule has 19 heavy (non-hydrogen) atoms. The zero-order valence-electron chi connectivity index (χ0n) is 12.3. The SMILES string of the molecule is CC(C)[Si]1(C(C)C)C(C)[n+]2cc(Cl)cc3ccn1c32. The number of hydrogen-bond acceptors (Lipinski definition) is 0. The fourth-order valence-corrected chi connectivity index (χ4v) is 11.0. The Morgan fingerprint density at radius 2 is 1.89 bits per heavy atom. The molecule has 0 aromatic carbocycles. The maximum Gasteiger partial charge on any atom is 0.315 e. The van der Waals surface area contributed by atoms with E-state index in [0.29, 0.717) is 16.7 Å². The minimum Gasteiger partial charge on any atom is -0.279 e. The van der Waals surface area contributed by atoms with Crippen molar-refractivity contribution in [1.29, 1.82) is 0 Å². The summed E-state index contributed by atoms with van der Waals surface area (Å²) in [6.45, 7) is 11.9. The minimum atomic E-state index is -1.64. The number of aromatic nitrogens is 2. The molecule has 2 aromatic heterocycles. The molecule has 1 aliphatic rings. The molecule has 2 nitrogen and oxygen atoms in total. The summed E-state index contributed by atoms with van der Waals surface area (Å²) in [4.78, 5) is 0. The molecule has 102 valence electrons. The first kappa shape index (κ1) is 13.2. The normalized spacial score (nSPS) is 20.9. The van der Waals surface area contributed by atoms with Gasteiger partial charge in [-0.15, -0.1) is 0 Å². The van der Waals surface area contributed by atoms with Crippen LogP contribution in [0.2, 0.25) is 16.1 Å². The smallest absolute Gasteiger partial charge is 0.279 e. The van der Waals surface area contributed by atoms with Gasteiger partial charge in [-0.3, -0.25) is 4.23 Å². The Bertz CT molecular complexity index is 637. The highest BCUT2D eigenvalue weighted by atomic mass is 35.5. The van der Waals surface area contributed by atoms with Crippen molar-refractivity contribution in [3.05, 3.63) is 29.5 Å². The van der Waals surface area contributed by atoms with Crippen LogP contribution in [0, 0.1) is 0 Å². The monoisotopic (exact) mass is 293 g/mol. The van der Waals surface area contributed by atoms with Gasteiger partial charge in [0.25, 0.3) is 5.65 Å². The Labute approximate surface area is 121 Å². The predicted molar refractivity (Wildman–Crippen MR) is 83.2 cm³/mol. The third kappa shape index (κ3) is 1.46. The molecule has 0 amide bonds. The van der Waals surface area contributed by atoms with Crippen LogP contribution in [0.25, 0.3) is 11.0 Å². The van der Waals surface area contributed by atoms with Crippen molar-refractivity contribution in [2.75, 3.05) is 0 Å². The van der Waals surface area contributed by atoms with Gasteiger partial charge in [-0.2, -0.15) is 0 Å². The lowest BCUT2D eigenvalue weighted by atomic mass is 10.3. The van der Waals surface area contributed by atoms with Crippen molar-refractivity contribution in [1.82, 2.24) is 4.23 Å². The van der Waals surface area contributed by atoms with E-state index in [1.165, 1.54) is 11.0 Å². The lowest BCUT2D eigenvalue weighted by molar-refractivity contribution is -0.673. The van der Waals surface area contributed by atoms with E-state index in [4.69, 9.17) is 11.6 Å². The van der Waals surface area contributed by atoms with Crippen LogP contribution in [0.15, 0.2) is 24.5 Å². The first-order valence-electron chi connectivity index (χ1n) is 7.13. The average molecular weight is 294 g/mol. The van der Waals surface area contributed by atoms with Crippen LogP contribution in [-0.2, 0) is 0 Å². The molecule has 1 aliphatic heterocycles. The van der Waals surface area contributed by atoms with E-state index in [0.717, 1.165) is 5.02 Å². The molecule has 0 saturated carbocycles. The van der Waals surface area contributed by atoms with Crippen molar-refractivity contribution in [2.45, 2.75) is 51.4 Å². The molecule has 0 N–H and O–H groups in total. The fourth-order valence-electron chi connectivity index (χ4n) is 4.42. The zero-order valence-corrected chi connectivity index (χ0v) is 14.1. The van der Waals surface area contributed by atoms with Crippen LogP contribution < -0.4 is 4.57 Å². The summed E-state index contributed by atoms with van der Waals surface area (Å²) in [6.07, 6.45) is 4.41. The minimum absolute atomic E-state index is 0.560. The summed E-state index contributed by atoms with van der Waals surface area (Å²) >= 11 is 6.29. The molecule has 0 radical (unpaired) electrons. The topological polar surface area (TPSA) is 8.81 Å². The van der Waals surface area contributed by atoms with Gasteiger partial charge in [0.15, 0.2) is 0 Å². The maximum absolute atomic E-state index is 6.29. The van der Waals surface area contributed by atoms with Crippen molar-refractivity contribution in [3.8, 4) is 0 Å². The van der Waals surface area contributed by atoms with Crippen LogP contribution in [-0.4, -0.2) is 12.5 Å². The number of pyridine rings is 1. The molecule has 3 rings (SSSR count). The second-order valence-electron chi connectivity index (χ2n) is 6.40. The van der Waals surface area contributed by atoms with Crippen LogP contribution >= 0.6 is 11.6 Å². The molecular formula is C15H22ClN2Si+. The van der Waals surface area contributed by atoms with Gasteiger partial charge in [-0.05, 0) is 30.1 Å². The third-order valence-electron chi connectivity index (χ3n) is 5.04. The highest BCUT2D eigenvalue weighted by Crippen LogP contribution is 2.45. The highest BCUT2D eigenvalue weighted by Gasteiger charge is 2.60. The number of halogens is 1. The molecule has 3 heterocycles. The molecule has 0 fully saturated rings.